The van der Waals surface area contributed by atoms with Gasteiger partial charge in [-0.2, -0.15) is 5.11 Å². The van der Waals surface area contributed by atoms with Crippen molar-refractivity contribution in [2.24, 2.45) is 10.2 Å². The van der Waals surface area contributed by atoms with Gasteiger partial charge in [-0.15, -0.1) is 5.11 Å². The van der Waals surface area contributed by atoms with Crippen LogP contribution < -0.4 is 0 Å². The van der Waals surface area contributed by atoms with Crippen LogP contribution >= 0.6 is 0 Å². The molecule has 0 saturated heterocycles. The van der Waals surface area contributed by atoms with E-state index in [0.29, 0.717) is 12.3 Å². The molecule has 0 spiro atoms. The van der Waals surface area contributed by atoms with Gasteiger partial charge in [-0.3, -0.25) is 0 Å². The summed E-state index contributed by atoms with van der Waals surface area (Å²) in [6.07, 6.45) is 0. The van der Waals surface area contributed by atoms with Gasteiger partial charge < -0.3 is 4.74 Å². The third-order valence-corrected chi connectivity index (χ3v) is 2.78. The molecule has 18 heavy (non-hydrogen) atoms. The van der Waals surface area contributed by atoms with E-state index in [0.717, 1.165) is 11.1 Å². The summed E-state index contributed by atoms with van der Waals surface area (Å²) in [5.41, 5.74) is 1.59. The molecule has 0 bridgehead atoms. The van der Waals surface area contributed by atoms with Crippen LogP contribution in [0.1, 0.15) is 26.3 Å². The van der Waals surface area contributed by atoms with Crippen molar-refractivity contribution in [3.05, 3.63) is 41.6 Å². The molecule has 0 atom stereocenters. The Morgan fingerprint density at radius 3 is 2.56 bits per heavy atom. The van der Waals surface area contributed by atoms with Gasteiger partial charge >= 0.3 is 5.97 Å². The van der Waals surface area contributed by atoms with Crippen LogP contribution in [0.2, 0.25) is 0 Å². The molecule has 0 aromatic heterocycles. The number of ether oxygens (including phenoxy) is 1. The molecule has 1 aromatic rings. The van der Waals surface area contributed by atoms with E-state index in [4.69, 9.17) is 4.74 Å². The second-order valence-electron chi connectivity index (χ2n) is 4.57. The summed E-state index contributed by atoms with van der Waals surface area (Å²) >= 11 is 0. The van der Waals surface area contributed by atoms with E-state index < -0.39 is 11.5 Å². The molecule has 1 aromatic carbocycles. The first-order valence-corrected chi connectivity index (χ1v) is 5.96. The van der Waals surface area contributed by atoms with Crippen LogP contribution in [-0.2, 0) is 9.53 Å². The monoisotopic (exact) mass is 244 g/mol. The lowest BCUT2D eigenvalue weighted by molar-refractivity contribution is -0.138. The molecule has 0 fully saturated rings. The molecule has 1 heterocycles. The standard InChI is InChI=1S/C14H16N2O2/c1-4-18-13(17)12-11(14(2,3)16-15-12)10-8-6-5-7-9-10/h5-9H,4H2,1-3H3. The summed E-state index contributed by atoms with van der Waals surface area (Å²) in [6.45, 7) is 5.98. The smallest absolute Gasteiger partial charge is 0.359 e. The van der Waals surface area contributed by atoms with Crippen molar-refractivity contribution in [2.45, 2.75) is 26.3 Å². The van der Waals surface area contributed by atoms with Gasteiger partial charge in [0.1, 0.15) is 5.54 Å². The number of hydrogen-bond donors (Lipinski definition) is 0. The Morgan fingerprint density at radius 2 is 1.94 bits per heavy atom. The largest absolute Gasteiger partial charge is 0.461 e. The van der Waals surface area contributed by atoms with Crippen molar-refractivity contribution in [3.8, 4) is 0 Å². The zero-order valence-electron chi connectivity index (χ0n) is 10.8. The topological polar surface area (TPSA) is 51.0 Å². The normalized spacial score (nSPS) is 17.1. The van der Waals surface area contributed by atoms with Crippen LogP contribution in [0.4, 0.5) is 0 Å². The van der Waals surface area contributed by atoms with Gasteiger partial charge in [-0.05, 0) is 26.3 Å². The van der Waals surface area contributed by atoms with Crippen molar-refractivity contribution < 1.29 is 9.53 Å². The van der Waals surface area contributed by atoms with Crippen LogP contribution in [0, 0.1) is 0 Å². The maximum atomic E-state index is 11.9. The number of carbonyl (C=O) groups is 1. The van der Waals surface area contributed by atoms with Gasteiger partial charge in [-0.25, -0.2) is 4.79 Å². The van der Waals surface area contributed by atoms with E-state index in [1.54, 1.807) is 6.92 Å². The predicted octanol–water partition coefficient (Wildman–Crippen LogP) is 3.21. The van der Waals surface area contributed by atoms with Crippen LogP contribution in [0.3, 0.4) is 0 Å². The molecule has 0 unspecified atom stereocenters. The Morgan fingerprint density at radius 1 is 1.28 bits per heavy atom. The summed E-state index contributed by atoms with van der Waals surface area (Å²) < 4.78 is 5.02. The molecule has 2 rings (SSSR count). The van der Waals surface area contributed by atoms with Crippen LogP contribution in [0.15, 0.2) is 46.3 Å². The number of azo groups is 1. The van der Waals surface area contributed by atoms with Crippen LogP contribution in [0.25, 0.3) is 5.57 Å². The van der Waals surface area contributed by atoms with Crippen LogP contribution in [-0.4, -0.2) is 18.1 Å². The van der Waals surface area contributed by atoms with Gasteiger partial charge in [0.2, 0.25) is 0 Å². The zero-order valence-corrected chi connectivity index (χ0v) is 10.8. The minimum Gasteiger partial charge on any atom is -0.461 e. The molecule has 1 aliphatic rings. The summed E-state index contributed by atoms with van der Waals surface area (Å²) in [7, 11) is 0. The third kappa shape index (κ3) is 2.18. The number of hydrogen-bond acceptors (Lipinski definition) is 4. The van der Waals surface area contributed by atoms with Crippen molar-refractivity contribution in [1.29, 1.82) is 0 Å². The van der Waals surface area contributed by atoms with E-state index in [-0.39, 0.29) is 0 Å². The maximum absolute atomic E-state index is 11.9. The number of carbonyl (C=O) groups excluding carboxylic acids is 1. The minimum atomic E-state index is -0.497. The molecule has 0 N–H and O–H groups in total. The van der Waals surface area contributed by atoms with E-state index >= 15 is 0 Å². The highest BCUT2D eigenvalue weighted by atomic mass is 16.5. The van der Waals surface area contributed by atoms with Crippen molar-refractivity contribution in [3.63, 3.8) is 0 Å². The Bertz CT molecular complexity index is 516. The Kier molecular flexibility index (Phi) is 3.28. The average Bonchev–Trinajstić information content (AvgIpc) is 2.66. The van der Waals surface area contributed by atoms with E-state index in [1.165, 1.54) is 0 Å². The molecule has 0 amide bonds. The Labute approximate surface area is 106 Å². The first-order valence-electron chi connectivity index (χ1n) is 5.96. The summed E-state index contributed by atoms with van der Waals surface area (Å²) in [6, 6.07) is 9.70. The minimum absolute atomic E-state index is 0.313. The molecular formula is C14H16N2O2. The highest BCUT2D eigenvalue weighted by Gasteiger charge is 2.35. The fourth-order valence-electron chi connectivity index (χ4n) is 2.00. The highest BCUT2D eigenvalue weighted by Crippen LogP contribution is 2.39. The van der Waals surface area contributed by atoms with E-state index in [9.17, 15) is 4.79 Å². The number of esters is 1. The Balaban J connectivity index is 2.50. The first kappa shape index (κ1) is 12.5. The fourth-order valence-corrected chi connectivity index (χ4v) is 2.00. The van der Waals surface area contributed by atoms with Gasteiger partial charge in [0, 0.05) is 5.57 Å². The molecule has 4 nitrogen and oxygen atoms in total. The lowest BCUT2D eigenvalue weighted by atomic mass is 9.88. The van der Waals surface area contributed by atoms with Crippen LogP contribution in [0.5, 0.6) is 0 Å². The summed E-state index contributed by atoms with van der Waals surface area (Å²) in [5.74, 6) is -0.411. The molecule has 0 radical (unpaired) electrons. The molecule has 0 aliphatic carbocycles. The lowest BCUT2D eigenvalue weighted by Crippen LogP contribution is -2.18. The summed E-state index contributed by atoms with van der Waals surface area (Å²) in [4.78, 5) is 11.9. The fraction of sp³-hybridized carbons (Fsp3) is 0.357. The van der Waals surface area contributed by atoms with E-state index in [2.05, 4.69) is 10.2 Å². The quantitative estimate of drug-likeness (QED) is 0.766. The predicted molar refractivity (Wildman–Crippen MR) is 68.9 cm³/mol. The zero-order chi connectivity index (χ0) is 13.2. The molecule has 94 valence electrons. The SMILES string of the molecule is CCOC(=O)C1=C(c2ccccc2)C(C)(C)N=N1. The molecule has 4 heteroatoms. The van der Waals surface area contributed by atoms with Gasteiger partial charge in [-0.1, -0.05) is 30.3 Å². The number of benzene rings is 1. The van der Waals surface area contributed by atoms with Crippen molar-refractivity contribution in [2.75, 3.05) is 6.61 Å². The van der Waals surface area contributed by atoms with Gasteiger partial charge in [0.25, 0.3) is 0 Å². The van der Waals surface area contributed by atoms with Gasteiger partial charge in [0.15, 0.2) is 5.70 Å². The second-order valence-corrected chi connectivity index (χ2v) is 4.57. The molecule has 0 saturated carbocycles. The first-order chi connectivity index (χ1) is 8.56. The highest BCUT2D eigenvalue weighted by molar-refractivity contribution is 6.00. The number of nitrogens with zero attached hydrogens (tertiary/aromatic N) is 2. The molecule has 1 aliphatic heterocycles. The summed E-state index contributed by atoms with van der Waals surface area (Å²) in [5, 5.41) is 8.16. The van der Waals surface area contributed by atoms with Crippen molar-refractivity contribution >= 4 is 11.5 Å². The van der Waals surface area contributed by atoms with Crippen molar-refractivity contribution in [1.82, 2.24) is 0 Å². The third-order valence-electron chi connectivity index (χ3n) is 2.78. The molecular weight excluding hydrogens is 228 g/mol. The van der Waals surface area contributed by atoms with Gasteiger partial charge in [0.05, 0.1) is 6.61 Å². The Hall–Kier alpha value is -1.97. The maximum Gasteiger partial charge on any atom is 0.359 e. The number of rotatable bonds is 3. The van der Waals surface area contributed by atoms with E-state index in [1.807, 2.05) is 44.2 Å². The average molecular weight is 244 g/mol. The lowest BCUT2D eigenvalue weighted by Gasteiger charge is -2.18. The second kappa shape index (κ2) is 4.72.